The summed E-state index contributed by atoms with van der Waals surface area (Å²) in [6.45, 7) is 9.02. The third kappa shape index (κ3) is 8.36. The first kappa shape index (κ1) is 26.0. The van der Waals surface area contributed by atoms with Crippen molar-refractivity contribution in [2.45, 2.75) is 91.3 Å². The van der Waals surface area contributed by atoms with Crippen LogP contribution in [0.25, 0.3) is 0 Å². The number of fused-ring (bicyclic) bond motifs is 1. The number of carbonyl (C=O) groups is 2. The van der Waals surface area contributed by atoms with Crippen LogP contribution in [0.2, 0.25) is 0 Å². The molecule has 6 nitrogen and oxygen atoms in total. The Balaban J connectivity index is 1.97. The number of hydrogen-bond acceptors (Lipinski definition) is 6. The predicted molar refractivity (Wildman–Crippen MR) is 124 cm³/mol. The molecule has 0 bridgehead atoms. The lowest BCUT2D eigenvalue weighted by Gasteiger charge is -2.31. The highest BCUT2D eigenvalue weighted by molar-refractivity contribution is 5.87. The maximum absolute atomic E-state index is 12.8. The van der Waals surface area contributed by atoms with Crippen LogP contribution in [0, 0.1) is 11.8 Å². The Labute approximate surface area is 193 Å². The first-order valence-corrected chi connectivity index (χ1v) is 12.2. The maximum atomic E-state index is 12.8. The molecule has 1 aliphatic rings. The van der Waals surface area contributed by atoms with Gasteiger partial charge in [0.25, 0.3) is 0 Å². The van der Waals surface area contributed by atoms with E-state index >= 15 is 0 Å². The van der Waals surface area contributed by atoms with Crippen LogP contribution in [0.15, 0.2) is 24.3 Å². The van der Waals surface area contributed by atoms with Crippen molar-refractivity contribution >= 4 is 11.9 Å². The minimum atomic E-state index is -1.18. The van der Waals surface area contributed by atoms with E-state index in [9.17, 15) is 9.59 Å². The van der Waals surface area contributed by atoms with Crippen LogP contribution in [0.5, 0.6) is 11.5 Å². The number of hydrogen-bond donors (Lipinski definition) is 0. The zero-order valence-corrected chi connectivity index (χ0v) is 20.1. The number of para-hydroxylation sites is 2. The number of esters is 2. The van der Waals surface area contributed by atoms with Crippen LogP contribution in [0.4, 0.5) is 0 Å². The van der Waals surface area contributed by atoms with Gasteiger partial charge in [-0.25, -0.2) is 9.59 Å². The standard InChI is InChI=1S/C26H40O6/c1-5-7-9-13-19(3)17-29-25(27)23-24(32-22-16-12-11-15-21(22)31-23)26(28)30-18-20(4)14-10-8-6-2/h11-12,15-16,19-20,23-24H,5-10,13-14,17-18H2,1-4H3. The molecule has 0 fully saturated rings. The Morgan fingerprint density at radius 3 is 1.56 bits per heavy atom. The van der Waals surface area contributed by atoms with Crippen LogP contribution >= 0.6 is 0 Å². The number of benzene rings is 1. The Kier molecular flexibility index (Phi) is 11.4. The highest BCUT2D eigenvalue weighted by Gasteiger charge is 2.44. The average molecular weight is 449 g/mol. The van der Waals surface area contributed by atoms with Crippen molar-refractivity contribution in [2.24, 2.45) is 11.8 Å². The van der Waals surface area contributed by atoms with Crippen molar-refractivity contribution < 1.29 is 28.5 Å². The molecule has 0 saturated heterocycles. The van der Waals surface area contributed by atoms with Crippen LogP contribution in [-0.4, -0.2) is 37.4 Å². The molecule has 1 aliphatic heterocycles. The van der Waals surface area contributed by atoms with Gasteiger partial charge < -0.3 is 18.9 Å². The molecule has 0 aliphatic carbocycles. The minimum Gasteiger partial charge on any atom is -0.470 e. The summed E-state index contributed by atoms with van der Waals surface area (Å²) in [5.41, 5.74) is 0. The zero-order chi connectivity index (χ0) is 23.3. The lowest BCUT2D eigenvalue weighted by Crippen LogP contribution is -2.51. The first-order valence-electron chi connectivity index (χ1n) is 12.2. The molecule has 0 spiro atoms. The zero-order valence-electron chi connectivity index (χ0n) is 20.1. The van der Waals surface area contributed by atoms with Crippen molar-refractivity contribution in [1.29, 1.82) is 0 Å². The maximum Gasteiger partial charge on any atom is 0.351 e. The normalized spacial score (nSPS) is 19.1. The molecule has 1 heterocycles. The molecule has 1 aromatic carbocycles. The summed E-state index contributed by atoms with van der Waals surface area (Å²) in [5.74, 6) is 0.137. The fourth-order valence-electron chi connectivity index (χ4n) is 3.65. The van der Waals surface area contributed by atoms with Gasteiger partial charge in [-0.1, -0.05) is 78.4 Å². The molecular weight excluding hydrogens is 408 g/mol. The molecule has 1 aromatic rings. The van der Waals surface area contributed by atoms with Crippen molar-refractivity contribution in [2.75, 3.05) is 13.2 Å². The van der Waals surface area contributed by atoms with Gasteiger partial charge in [-0.05, 0) is 36.8 Å². The van der Waals surface area contributed by atoms with Crippen molar-refractivity contribution in [3.8, 4) is 11.5 Å². The van der Waals surface area contributed by atoms with Gasteiger partial charge >= 0.3 is 11.9 Å². The van der Waals surface area contributed by atoms with Crippen LogP contribution < -0.4 is 9.47 Å². The molecule has 4 unspecified atom stereocenters. The summed E-state index contributed by atoms with van der Waals surface area (Å²) >= 11 is 0. The second kappa shape index (κ2) is 14.0. The van der Waals surface area contributed by atoms with Gasteiger partial charge in [-0.2, -0.15) is 0 Å². The molecule has 0 aromatic heterocycles. The summed E-state index contributed by atoms with van der Waals surface area (Å²) < 4.78 is 22.7. The highest BCUT2D eigenvalue weighted by atomic mass is 16.6. The van der Waals surface area contributed by atoms with E-state index < -0.39 is 24.1 Å². The SMILES string of the molecule is CCCCCC(C)COC(=O)C1Oc2ccccc2OC1C(=O)OCC(C)CCCCC. The summed E-state index contributed by atoms with van der Waals surface area (Å²) in [6.07, 6.45) is 6.47. The second-order valence-electron chi connectivity index (χ2n) is 8.99. The average Bonchev–Trinajstić information content (AvgIpc) is 2.80. The second-order valence-corrected chi connectivity index (χ2v) is 8.99. The summed E-state index contributed by atoms with van der Waals surface area (Å²) in [4.78, 5) is 25.7. The lowest BCUT2D eigenvalue weighted by molar-refractivity contribution is -0.173. The van der Waals surface area contributed by atoms with Gasteiger partial charge in [0.15, 0.2) is 11.5 Å². The number of rotatable bonds is 14. The highest BCUT2D eigenvalue weighted by Crippen LogP contribution is 2.34. The molecule has 6 heteroatoms. The van der Waals surface area contributed by atoms with E-state index in [1.54, 1.807) is 24.3 Å². The fraction of sp³-hybridized carbons (Fsp3) is 0.692. The van der Waals surface area contributed by atoms with E-state index in [-0.39, 0.29) is 11.8 Å². The van der Waals surface area contributed by atoms with Gasteiger partial charge in [0.1, 0.15) is 0 Å². The quantitative estimate of drug-likeness (QED) is 0.268. The van der Waals surface area contributed by atoms with Gasteiger partial charge in [-0.15, -0.1) is 0 Å². The van der Waals surface area contributed by atoms with Crippen molar-refractivity contribution in [3.63, 3.8) is 0 Å². The summed E-state index contributed by atoms with van der Waals surface area (Å²) in [5, 5.41) is 0. The topological polar surface area (TPSA) is 71.1 Å². The van der Waals surface area contributed by atoms with Crippen LogP contribution in [0.3, 0.4) is 0 Å². The number of carbonyl (C=O) groups excluding carboxylic acids is 2. The number of unbranched alkanes of at least 4 members (excludes halogenated alkanes) is 4. The van der Waals surface area contributed by atoms with Gasteiger partial charge in [0.2, 0.25) is 12.2 Å². The van der Waals surface area contributed by atoms with Crippen LogP contribution in [0.1, 0.15) is 79.1 Å². The van der Waals surface area contributed by atoms with E-state index in [0.717, 1.165) is 38.5 Å². The molecule has 180 valence electrons. The summed E-state index contributed by atoms with van der Waals surface area (Å²) in [6, 6.07) is 6.99. The first-order chi connectivity index (χ1) is 15.5. The monoisotopic (exact) mass is 448 g/mol. The largest absolute Gasteiger partial charge is 0.470 e. The Bertz CT molecular complexity index is 644. The molecule has 0 amide bonds. The molecule has 32 heavy (non-hydrogen) atoms. The summed E-state index contributed by atoms with van der Waals surface area (Å²) in [7, 11) is 0. The Morgan fingerprint density at radius 2 is 1.19 bits per heavy atom. The third-order valence-electron chi connectivity index (χ3n) is 5.72. The molecule has 2 rings (SSSR count). The van der Waals surface area contributed by atoms with E-state index in [2.05, 4.69) is 27.7 Å². The van der Waals surface area contributed by atoms with Crippen molar-refractivity contribution in [1.82, 2.24) is 0 Å². The van der Waals surface area contributed by atoms with Gasteiger partial charge in [0.05, 0.1) is 13.2 Å². The smallest absolute Gasteiger partial charge is 0.351 e. The molecule has 4 atom stereocenters. The predicted octanol–water partition coefficient (Wildman–Crippen LogP) is 5.71. The van der Waals surface area contributed by atoms with E-state index in [4.69, 9.17) is 18.9 Å². The molecule has 0 N–H and O–H groups in total. The van der Waals surface area contributed by atoms with Crippen LogP contribution in [-0.2, 0) is 19.1 Å². The Morgan fingerprint density at radius 1 is 0.781 bits per heavy atom. The van der Waals surface area contributed by atoms with E-state index in [1.807, 2.05) is 0 Å². The van der Waals surface area contributed by atoms with Gasteiger partial charge in [-0.3, -0.25) is 0 Å². The fourth-order valence-corrected chi connectivity index (χ4v) is 3.65. The lowest BCUT2D eigenvalue weighted by atomic mass is 10.0. The molecule has 0 radical (unpaired) electrons. The Hall–Kier alpha value is -2.24. The van der Waals surface area contributed by atoms with E-state index in [0.29, 0.717) is 24.7 Å². The van der Waals surface area contributed by atoms with E-state index in [1.165, 1.54) is 12.8 Å². The minimum absolute atomic E-state index is 0.247. The number of ether oxygens (including phenoxy) is 4. The van der Waals surface area contributed by atoms with Crippen molar-refractivity contribution in [3.05, 3.63) is 24.3 Å². The third-order valence-corrected chi connectivity index (χ3v) is 5.72. The van der Waals surface area contributed by atoms with Gasteiger partial charge in [0, 0.05) is 0 Å². The molecule has 0 saturated carbocycles. The molecular formula is C26H40O6.